The van der Waals surface area contributed by atoms with Crippen LogP contribution in [-0.4, -0.2) is 40.1 Å². The maximum absolute atomic E-state index is 13.3. The lowest BCUT2D eigenvalue weighted by Gasteiger charge is -2.35. The summed E-state index contributed by atoms with van der Waals surface area (Å²) < 4.78 is 20.6. The highest BCUT2D eigenvalue weighted by Crippen LogP contribution is 2.23. The molecule has 0 spiro atoms. The first kappa shape index (κ1) is 15.7. The quantitative estimate of drug-likeness (QED) is 0.862. The molecule has 1 aromatic carbocycles. The van der Waals surface area contributed by atoms with Gasteiger partial charge < -0.3 is 14.2 Å². The average Bonchev–Trinajstić information content (AvgIpc) is 2.88. The van der Waals surface area contributed by atoms with Crippen LogP contribution in [0.25, 0.3) is 0 Å². The van der Waals surface area contributed by atoms with Crippen molar-refractivity contribution in [1.82, 2.24) is 14.5 Å². The summed E-state index contributed by atoms with van der Waals surface area (Å²) in [5, 5.41) is 0. The molecule has 122 valence electrons. The first-order valence-electron chi connectivity index (χ1n) is 7.60. The number of hydrogen-bond donors (Lipinski definition) is 0. The van der Waals surface area contributed by atoms with Crippen LogP contribution in [0.5, 0.6) is 0 Å². The smallest absolute Gasteiger partial charge is 0.227 e. The molecular weight excluding hydrogens is 297 g/mol. The van der Waals surface area contributed by atoms with E-state index in [1.807, 2.05) is 11.6 Å². The van der Waals surface area contributed by atoms with E-state index >= 15 is 0 Å². The van der Waals surface area contributed by atoms with Gasteiger partial charge in [-0.05, 0) is 17.7 Å². The van der Waals surface area contributed by atoms with E-state index < -0.39 is 0 Å². The number of amides is 1. The van der Waals surface area contributed by atoms with Crippen LogP contribution in [0.3, 0.4) is 0 Å². The highest BCUT2D eigenvalue weighted by Gasteiger charge is 2.31. The number of aromatic nitrogens is 2. The highest BCUT2D eigenvalue weighted by molar-refractivity contribution is 5.79. The zero-order chi connectivity index (χ0) is 16.4. The molecule has 2 aromatic rings. The van der Waals surface area contributed by atoms with Crippen LogP contribution >= 0.6 is 0 Å². The Morgan fingerprint density at radius 2 is 2.30 bits per heavy atom. The van der Waals surface area contributed by atoms with Crippen molar-refractivity contribution in [1.29, 1.82) is 0 Å². The second-order valence-corrected chi connectivity index (χ2v) is 5.89. The van der Waals surface area contributed by atoms with E-state index in [1.165, 1.54) is 12.1 Å². The Hall–Kier alpha value is -2.21. The van der Waals surface area contributed by atoms with Gasteiger partial charge in [0, 0.05) is 26.3 Å². The topological polar surface area (TPSA) is 47.4 Å². The van der Waals surface area contributed by atoms with E-state index in [0.29, 0.717) is 25.1 Å². The molecule has 0 radical (unpaired) electrons. The van der Waals surface area contributed by atoms with Crippen LogP contribution in [-0.2, 0) is 36.0 Å². The molecule has 3 rings (SSSR count). The molecule has 1 atom stereocenters. The number of ether oxygens (including phenoxy) is 1. The fraction of sp³-hybridized carbons (Fsp3) is 0.412. The van der Waals surface area contributed by atoms with Crippen LogP contribution in [0.2, 0.25) is 0 Å². The van der Waals surface area contributed by atoms with Crippen LogP contribution in [0.15, 0.2) is 30.6 Å². The molecule has 5 nitrogen and oxygen atoms in total. The summed E-state index contributed by atoms with van der Waals surface area (Å²) >= 11 is 0. The maximum Gasteiger partial charge on any atom is 0.227 e. The van der Waals surface area contributed by atoms with E-state index in [2.05, 4.69) is 4.98 Å². The van der Waals surface area contributed by atoms with Gasteiger partial charge in [-0.3, -0.25) is 4.79 Å². The number of aryl methyl sites for hydroxylation is 1. The van der Waals surface area contributed by atoms with Crippen LogP contribution < -0.4 is 0 Å². The number of rotatable bonds is 4. The summed E-state index contributed by atoms with van der Waals surface area (Å²) in [5.74, 6) is -0.358. The van der Waals surface area contributed by atoms with E-state index in [4.69, 9.17) is 4.74 Å². The van der Waals surface area contributed by atoms with Crippen molar-refractivity contribution in [2.75, 3.05) is 13.7 Å². The molecule has 23 heavy (non-hydrogen) atoms. The van der Waals surface area contributed by atoms with Gasteiger partial charge in [0.2, 0.25) is 5.91 Å². The van der Waals surface area contributed by atoms with Crippen molar-refractivity contribution >= 4 is 5.91 Å². The molecule has 1 aliphatic heterocycles. The number of hydrogen-bond acceptors (Lipinski definition) is 3. The Labute approximate surface area is 134 Å². The van der Waals surface area contributed by atoms with Gasteiger partial charge in [-0.15, -0.1) is 0 Å². The molecule has 0 fully saturated rings. The zero-order valence-corrected chi connectivity index (χ0v) is 13.3. The Morgan fingerprint density at radius 1 is 1.48 bits per heavy atom. The normalized spacial score (nSPS) is 17.2. The molecule has 6 heteroatoms. The molecular formula is C17H20FN3O2. The minimum absolute atomic E-state index is 0.0241. The number of fused-ring (bicyclic) bond motifs is 1. The molecule has 0 bridgehead atoms. The van der Waals surface area contributed by atoms with Crippen LogP contribution in [0.4, 0.5) is 4.39 Å². The summed E-state index contributed by atoms with van der Waals surface area (Å²) in [6.07, 6.45) is 2.67. The number of halogens is 1. The van der Waals surface area contributed by atoms with E-state index in [9.17, 15) is 9.18 Å². The van der Waals surface area contributed by atoms with Crippen molar-refractivity contribution in [3.8, 4) is 0 Å². The second-order valence-electron chi connectivity index (χ2n) is 5.89. The molecule has 0 saturated carbocycles. The predicted octanol–water partition coefficient (Wildman–Crippen LogP) is 1.70. The van der Waals surface area contributed by atoms with Gasteiger partial charge in [0.05, 0.1) is 37.6 Å². The van der Waals surface area contributed by atoms with Crippen molar-refractivity contribution in [2.24, 2.45) is 7.05 Å². The lowest BCUT2D eigenvalue weighted by atomic mass is 10.0. The van der Waals surface area contributed by atoms with Crippen LogP contribution in [0, 0.1) is 5.82 Å². The number of carbonyl (C=O) groups excluding carboxylic acids is 1. The molecule has 2 heterocycles. The van der Waals surface area contributed by atoms with Gasteiger partial charge in [0.25, 0.3) is 0 Å². The maximum atomic E-state index is 13.3. The molecule has 1 amide bonds. The molecule has 0 unspecified atom stereocenters. The minimum atomic E-state index is -0.325. The van der Waals surface area contributed by atoms with E-state index in [0.717, 1.165) is 11.4 Å². The predicted molar refractivity (Wildman–Crippen MR) is 83.2 cm³/mol. The molecule has 0 aliphatic carbocycles. The summed E-state index contributed by atoms with van der Waals surface area (Å²) in [6, 6.07) is 6.14. The summed E-state index contributed by atoms with van der Waals surface area (Å²) in [5.41, 5.74) is 2.74. The van der Waals surface area contributed by atoms with Gasteiger partial charge in [-0.25, -0.2) is 9.37 Å². The number of benzene rings is 1. The van der Waals surface area contributed by atoms with E-state index in [1.54, 1.807) is 30.5 Å². The average molecular weight is 317 g/mol. The number of nitrogens with zero attached hydrogens (tertiary/aromatic N) is 3. The fourth-order valence-electron chi connectivity index (χ4n) is 3.08. The third-order valence-electron chi connectivity index (χ3n) is 4.26. The first-order chi connectivity index (χ1) is 11.1. The van der Waals surface area contributed by atoms with Crippen molar-refractivity contribution in [3.63, 3.8) is 0 Å². The lowest BCUT2D eigenvalue weighted by Crippen LogP contribution is -2.47. The van der Waals surface area contributed by atoms with Gasteiger partial charge in [-0.2, -0.15) is 0 Å². The number of methoxy groups -OCH3 is 1. The molecule has 0 N–H and O–H groups in total. The third-order valence-corrected chi connectivity index (χ3v) is 4.26. The highest BCUT2D eigenvalue weighted by atomic mass is 19.1. The lowest BCUT2D eigenvalue weighted by molar-refractivity contribution is -0.135. The van der Waals surface area contributed by atoms with E-state index in [-0.39, 0.29) is 24.2 Å². The minimum Gasteiger partial charge on any atom is -0.383 e. The van der Waals surface area contributed by atoms with Gasteiger partial charge in [-0.1, -0.05) is 12.1 Å². The summed E-state index contributed by atoms with van der Waals surface area (Å²) in [6.45, 7) is 0.942. The number of imidazole rings is 1. The Bertz CT molecular complexity index is 714. The summed E-state index contributed by atoms with van der Waals surface area (Å²) in [7, 11) is 3.59. The zero-order valence-electron chi connectivity index (χ0n) is 13.3. The Morgan fingerprint density at radius 3 is 3.04 bits per heavy atom. The molecule has 1 aromatic heterocycles. The molecule has 0 saturated heterocycles. The van der Waals surface area contributed by atoms with Crippen molar-refractivity contribution < 1.29 is 13.9 Å². The number of carbonyl (C=O) groups is 1. The SMILES string of the molecule is COC[C@H]1Cc2c(ncn2C)CN1C(=O)Cc1cccc(F)c1. The van der Waals surface area contributed by atoms with Gasteiger partial charge >= 0.3 is 0 Å². The molecule has 1 aliphatic rings. The summed E-state index contributed by atoms with van der Waals surface area (Å²) in [4.78, 5) is 18.9. The monoisotopic (exact) mass is 317 g/mol. The third kappa shape index (κ3) is 3.27. The van der Waals surface area contributed by atoms with Gasteiger partial charge in [0.15, 0.2) is 0 Å². The standard InChI is InChI=1S/C17H20FN3O2/c1-20-11-19-15-9-21(14(10-23-2)8-16(15)20)17(22)7-12-4-3-5-13(18)6-12/h3-6,11,14H,7-10H2,1-2H3/t14-/m1/s1. The fourth-order valence-corrected chi connectivity index (χ4v) is 3.08. The van der Waals surface area contributed by atoms with Gasteiger partial charge in [0.1, 0.15) is 5.82 Å². The Kier molecular flexibility index (Phi) is 4.43. The Balaban J connectivity index is 1.80. The van der Waals surface area contributed by atoms with Crippen LogP contribution in [0.1, 0.15) is 17.0 Å². The largest absolute Gasteiger partial charge is 0.383 e. The first-order valence-corrected chi connectivity index (χ1v) is 7.60. The van der Waals surface area contributed by atoms with Crippen molar-refractivity contribution in [3.05, 3.63) is 53.4 Å². The van der Waals surface area contributed by atoms with Crippen molar-refractivity contribution in [2.45, 2.75) is 25.4 Å². The second kappa shape index (κ2) is 6.50.